The van der Waals surface area contributed by atoms with E-state index in [4.69, 9.17) is 22.7 Å². The summed E-state index contributed by atoms with van der Waals surface area (Å²) in [6.07, 6.45) is 0. The molecule has 1 aliphatic carbocycles. The maximum absolute atomic E-state index is 13.5. The second-order valence-corrected chi connectivity index (χ2v) is 8.30. The van der Waals surface area contributed by atoms with Gasteiger partial charge in [0.15, 0.2) is 9.84 Å². The lowest BCUT2D eigenvalue weighted by Gasteiger charge is -2.16. The first-order valence-corrected chi connectivity index (χ1v) is 9.28. The molecule has 0 aromatic heterocycles. The zero-order valence-electron chi connectivity index (χ0n) is 12.6. The van der Waals surface area contributed by atoms with E-state index in [1.54, 1.807) is 19.1 Å². The molecular formula is C15H20FNO3S2. The van der Waals surface area contributed by atoms with Gasteiger partial charge in [-0.25, -0.2) is 12.8 Å². The van der Waals surface area contributed by atoms with Crippen molar-refractivity contribution < 1.29 is 17.5 Å². The van der Waals surface area contributed by atoms with Crippen LogP contribution in [-0.4, -0.2) is 37.6 Å². The van der Waals surface area contributed by atoms with Crippen molar-refractivity contribution in [2.45, 2.75) is 25.0 Å². The van der Waals surface area contributed by atoms with Gasteiger partial charge >= 0.3 is 0 Å². The van der Waals surface area contributed by atoms with Gasteiger partial charge in [0.25, 0.3) is 0 Å². The molecule has 1 aromatic carbocycles. The number of thiocarbonyl (C=S) groups is 1. The number of rotatable bonds is 7. The molecule has 0 aliphatic heterocycles. The van der Waals surface area contributed by atoms with E-state index in [9.17, 15) is 12.8 Å². The van der Waals surface area contributed by atoms with Gasteiger partial charge in [-0.3, -0.25) is 0 Å². The van der Waals surface area contributed by atoms with Crippen LogP contribution < -0.4 is 5.73 Å². The molecule has 2 rings (SSSR count). The largest absolute Gasteiger partial charge is 0.393 e. The highest BCUT2D eigenvalue weighted by Gasteiger charge is 2.72. The Bertz CT molecular complexity index is 677. The quantitative estimate of drug-likeness (QED) is 0.766. The van der Waals surface area contributed by atoms with Crippen LogP contribution in [0.5, 0.6) is 0 Å². The molecule has 0 spiro atoms. The molecule has 4 nitrogen and oxygen atoms in total. The second-order valence-electron chi connectivity index (χ2n) is 5.45. The standard InChI is InChI=1S/C15H20FNO3S2/c1-3-20-9-15(14(17)21)12(13(15)22(18,19)4-2)10-6-5-7-11(16)8-10/h5-8,12-13H,3-4,9H2,1-2H3,(H2,17,21)/t12-,13-,15-/m0/s1. The number of hydrogen-bond acceptors (Lipinski definition) is 4. The first-order chi connectivity index (χ1) is 10.3. The van der Waals surface area contributed by atoms with E-state index in [1.165, 1.54) is 12.1 Å². The molecule has 122 valence electrons. The van der Waals surface area contributed by atoms with Crippen molar-refractivity contribution in [3.8, 4) is 0 Å². The van der Waals surface area contributed by atoms with Gasteiger partial charge in [-0.2, -0.15) is 0 Å². The van der Waals surface area contributed by atoms with Gasteiger partial charge in [0.2, 0.25) is 0 Å². The van der Waals surface area contributed by atoms with E-state index in [1.807, 2.05) is 6.92 Å². The number of hydrogen-bond donors (Lipinski definition) is 1. The summed E-state index contributed by atoms with van der Waals surface area (Å²) in [7, 11) is -3.39. The normalized spacial score (nSPS) is 27.6. The molecule has 0 bridgehead atoms. The fraction of sp³-hybridized carbons (Fsp3) is 0.533. The molecule has 1 fully saturated rings. The van der Waals surface area contributed by atoms with Gasteiger partial charge in [0.05, 0.1) is 22.3 Å². The highest BCUT2D eigenvalue weighted by atomic mass is 32.2. The maximum atomic E-state index is 13.5. The molecule has 0 amide bonds. The van der Waals surface area contributed by atoms with Crippen LogP contribution in [0.2, 0.25) is 0 Å². The molecule has 0 saturated heterocycles. The minimum Gasteiger partial charge on any atom is -0.393 e. The van der Waals surface area contributed by atoms with Crippen LogP contribution in [0.3, 0.4) is 0 Å². The Hall–Kier alpha value is -1.05. The first kappa shape index (κ1) is 17.3. The molecular weight excluding hydrogens is 325 g/mol. The molecule has 2 N–H and O–H groups in total. The Morgan fingerprint density at radius 3 is 2.64 bits per heavy atom. The van der Waals surface area contributed by atoms with Crippen molar-refractivity contribution in [2.24, 2.45) is 11.1 Å². The number of ether oxygens (including phenoxy) is 1. The summed E-state index contributed by atoms with van der Waals surface area (Å²) in [6, 6.07) is 5.93. The number of benzene rings is 1. The number of nitrogens with two attached hydrogens (primary N) is 1. The van der Waals surface area contributed by atoms with Gasteiger partial charge in [0.1, 0.15) is 5.82 Å². The van der Waals surface area contributed by atoms with Crippen LogP contribution in [0.4, 0.5) is 4.39 Å². The van der Waals surface area contributed by atoms with Gasteiger partial charge in [-0.15, -0.1) is 0 Å². The van der Waals surface area contributed by atoms with Crippen LogP contribution in [0, 0.1) is 11.2 Å². The smallest absolute Gasteiger partial charge is 0.154 e. The summed E-state index contributed by atoms with van der Waals surface area (Å²) in [5.41, 5.74) is 5.52. The van der Waals surface area contributed by atoms with Crippen LogP contribution in [0.1, 0.15) is 25.3 Å². The summed E-state index contributed by atoms with van der Waals surface area (Å²) in [4.78, 5) is 0.109. The summed E-state index contributed by atoms with van der Waals surface area (Å²) in [6.45, 7) is 3.96. The molecule has 1 saturated carbocycles. The lowest BCUT2D eigenvalue weighted by atomic mass is 10.00. The average Bonchev–Trinajstić information content (AvgIpc) is 3.16. The lowest BCUT2D eigenvalue weighted by Crippen LogP contribution is -2.34. The van der Waals surface area contributed by atoms with Crippen molar-refractivity contribution in [1.29, 1.82) is 0 Å². The second kappa shape index (κ2) is 6.22. The average molecular weight is 345 g/mol. The van der Waals surface area contributed by atoms with E-state index in [2.05, 4.69) is 0 Å². The molecule has 1 aliphatic rings. The minimum atomic E-state index is -3.39. The fourth-order valence-corrected chi connectivity index (χ4v) is 5.56. The zero-order chi connectivity index (χ0) is 16.5. The van der Waals surface area contributed by atoms with Crippen LogP contribution in [-0.2, 0) is 14.6 Å². The third kappa shape index (κ3) is 2.77. The maximum Gasteiger partial charge on any atom is 0.154 e. The van der Waals surface area contributed by atoms with Crippen molar-refractivity contribution >= 4 is 27.0 Å². The van der Waals surface area contributed by atoms with E-state index in [-0.39, 0.29) is 17.3 Å². The molecule has 22 heavy (non-hydrogen) atoms. The molecule has 0 radical (unpaired) electrons. The fourth-order valence-electron chi connectivity index (χ4n) is 3.09. The summed E-state index contributed by atoms with van der Waals surface area (Å²) >= 11 is 5.15. The first-order valence-electron chi connectivity index (χ1n) is 7.16. The van der Waals surface area contributed by atoms with E-state index < -0.39 is 32.2 Å². The van der Waals surface area contributed by atoms with Crippen molar-refractivity contribution in [1.82, 2.24) is 0 Å². The zero-order valence-corrected chi connectivity index (χ0v) is 14.2. The van der Waals surface area contributed by atoms with Crippen molar-refractivity contribution in [3.63, 3.8) is 0 Å². The van der Waals surface area contributed by atoms with Gasteiger partial charge in [-0.1, -0.05) is 31.3 Å². The van der Waals surface area contributed by atoms with Crippen LogP contribution in [0.25, 0.3) is 0 Å². The van der Waals surface area contributed by atoms with Gasteiger partial charge < -0.3 is 10.5 Å². The SMILES string of the molecule is CCOC[C@]1(C(N)=S)[C@@H](c2cccc(F)c2)[C@@H]1S(=O)(=O)CC. The van der Waals surface area contributed by atoms with E-state index >= 15 is 0 Å². The Labute approximate surface area is 135 Å². The van der Waals surface area contributed by atoms with Crippen molar-refractivity contribution in [2.75, 3.05) is 19.0 Å². The molecule has 0 heterocycles. The minimum absolute atomic E-state index is 0.0139. The Balaban J connectivity index is 2.51. The van der Waals surface area contributed by atoms with Crippen LogP contribution in [0.15, 0.2) is 24.3 Å². The molecule has 3 atom stereocenters. The van der Waals surface area contributed by atoms with E-state index in [0.29, 0.717) is 12.2 Å². The highest BCUT2D eigenvalue weighted by molar-refractivity contribution is 7.92. The number of halogens is 1. The Kier molecular flexibility index (Phi) is 4.89. The molecule has 0 unspecified atom stereocenters. The van der Waals surface area contributed by atoms with Gasteiger partial charge in [0, 0.05) is 18.3 Å². The summed E-state index contributed by atoms with van der Waals surface area (Å²) < 4.78 is 43.9. The number of sulfone groups is 1. The third-order valence-corrected chi connectivity index (χ3v) is 6.91. The molecule has 7 heteroatoms. The monoisotopic (exact) mass is 345 g/mol. The lowest BCUT2D eigenvalue weighted by molar-refractivity contribution is 0.121. The Morgan fingerprint density at radius 2 is 2.14 bits per heavy atom. The predicted octanol–water partition coefficient (Wildman–Crippen LogP) is 2.04. The van der Waals surface area contributed by atoms with E-state index in [0.717, 1.165) is 0 Å². The third-order valence-electron chi connectivity index (χ3n) is 4.26. The topological polar surface area (TPSA) is 69.4 Å². The summed E-state index contributed by atoms with van der Waals surface area (Å²) in [5.74, 6) is -0.887. The molecule has 1 aromatic rings. The summed E-state index contributed by atoms with van der Waals surface area (Å²) in [5, 5.41) is -0.754. The Morgan fingerprint density at radius 1 is 1.45 bits per heavy atom. The highest BCUT2D eigenvalue weighted by Crippen LogP contribution is 2.63. The van der Waals surface area contributed by atoms with Crippen LogP contribution >= 0.6 is 12.2 Å². The van der Waals surface area contributed by atoms with Gasteiger partial charge in [-0.05, 0) is 24.6 Å². The van der Waals surface area contributed by atoms with Crippen molar-refractivity contribution in [3.05, 3.63) is 35.6 Å². The predicted molar refractivity (Wildman–Crippen MR) is 88.1 cm³/mol.